The van der Waals surface area contributed by atoms with Crippen LogP contribution in [0.25, 0.3) is 0 Å². The van der Waals surface area contributed by atoms with Gasteiger partial charge in [0, 0.05) is 13.1 Å². The highest BCUT2D eigenvalue weighted by Gasteiger charge is 2.44. The van der Waals surface area contributed by atoms with E-state index in [0.29, 0.717) is 6.61 Å². The molecular weight excluding hydrogens is 370 g/mol. The van der Waals surface area contributed by atoms with E-state index in [0.717, 1.165) is 25.9 Å². The molecule has 0 spiro atoms. The van der Waals surface area contributed by atoms with Crippen LogP contribution in [0.2, 0.25) is 0 Å². The number of hydrogen-bond acceptors (Lipinski definition) is 3. The summed E-state index contributed by atoms with van der Waals surface area (Å²) in [6.45, 7) is 3.99. The summed E-state index contributed by atoms with van der Waals surface area (Å²) < 4.78 is 5.30. The molecule has 0 N–H and O–H groups in total. The van der Waals surface area contributed by atoms with Crippen LogP contribution in [0.4, 0.5) is 0 Å². The summed E-state index contributed by atoms with van der Waals surface area (Å²) in [6, 6.07) is 32.2. The van der Waals surface area contributed by atoms with Gasteiger partial charge in [0.15, 0.2) is 0 Å². The molecule has 1 aliphatic rings. The molecule has 1 heterocycles. The molecule has 0 aromatic heterocycles. The highest BCUT2D eigenvalue weighted by Crippen LogP contribution is 2.44. The molecule has 3 aromatic rings. The largest absolute Gasteiger partial charge is 0.466 e. The van der Waals surface area contributed by atoms with Gasteiger partial charge >= 0.3 is 5.97 Å². The average Bonchev–Trinajstić information content (AvgIpc) is 2.82. The molecule has 0 amide bonds. The molecule has 0 unspecified atom stereocenters. The fraction of sp³-hybridized carbons (Fsp3) is 0.296. The Morgan fingerprint density at radius 1 is 0.800 bits per heavy atom. The van der Waals surface area contributed by atoms with Crippen molar-refractivity contribution < 1.29 is 9.53 Å². The molecule has 3 aromatic carbocycles. The zero-order chi connectivity index (χ0) is 20.8. The standard InChI is InChI=1S/C27H29NO2/c1-2-30-26(29)22-18-20-28(21-19-22)27(23-12-6-3-7-13-23,24-14-8-4-9-15-24)25-16-10-5-11-17-25/h3-17,22H,2,18-21H2,1H3. The third kappa shape index (κ3) is 3.78. The third-order valence-electron chi connectivity index (χ3n) is 6.16. The number of benzene rings is 3. The lowest BCUT2D eigenvalue weighted by molar-refractivity contribution is -0.150. The number of rotatable bonds is 6. The molecule has 0 bridgehead atoms. The third-order valence-corrected chi connectivity index (χ3v) is 6.16. The van der Waals surface area contributed by atoms with Crippen LogP contribution in [-0.4, -0.2) is 30.6 Å². The van der Waals surface area contributed by atoms with Gasteiger partial charge in [-0.2, -0.15) is 0 Å². The highest BCUT2D eigenvalue weighted by molar-refractivity contribution is 5.72. The van der Waals surface area contributed by atoms with E-state index in [1.807, 2.05) is 6.92 Å². The molecular formula is C27H29NO2. The molecule has 0 saturated carbocycles. The average molecular weight is 400 g/mol. The summed E-state index contributed by atoms with van der Waals surface area (Å²) >= 11 is 0. The van der Waals surface area contributed by atoms with Crippen LogP contribution in [0.5, 0.6) is 0 Å². The maximum Gasteiger partial charge on any atom is 0.309 e. The summed E-state index contributed by atoms with van der Waals surface area (Å²) in [5.74, 6) is -0.0666. The minimum Gasteiger partial charge on any atom is -0.466 e. The van der Waals surface area contributed by atoms with Gasteiger partial charge < -0.3 is 4.74 Å². The Labute approximate surface area is 179 Å². The summed E-state index contributed by atoms with van der Waals surface area (Å²) in [4.78, 5) is 14.9. The Kier molecular flexibility index (Phi) is 6.29. The van der Waals surface area contributed by atoms with Crippen LogP contribution >= 0.6 is 0 Å². The monoisotopic (exact) mass is 399 g/mol. The van der Waals surface area contributed by atoms with Crippen molar-refractivity contribution in [2.24, 2.45) is 5.92 Å². The molecule has 1 fully saturated rings. The van der Waals surface area contributed by atoms with Crippen molar-refractivity contribution in [2.45, 2.75) is 25.3 Å². The van der Waals surface area contributed by atoms with E-state index in [-0.39, 0.29) is 11.9 Å². The Balaban J connectivity index is 1.81. The van der Waals surface area contributed by atoms with Crippen LogP contribution < -0.4 is 0 Å². The van der Waals surface area contributed by atoms with E-state index in [1.165, 1.54) is 16.7 Å². The van der Waals surface area contributed by atoms with E-state index in [2.05, 4.69) is 95.9 Å². The molecule has 154 valence electrons. The van der Waals surface area contributed by atoms with E-state index >= 15 is 0 Å². The van der Waals surface area contributed by atoms with Crippen LogP contribution in [0.15, 0.2) is 91.0 Å². The second-order valence-corrected chi connectivity index (χ2v) is 7.82. The number of likely N-dealkylation sites (tertiary alicyclic amines) is 1. The van der Waals surface area contributed by atoms with Crippen LogP contribution in [0.1, 0.15) is 36.5 Å². The molecule has 30 heavy (non-hydrogen) atoms. The lowest BCUT2D eigenvalue weighted by Crippen LogP contribution is -2.52. The van der Waals surface area contributed by atoms with Crippen molar-refractivity contribution in [3.8, 4) is 0 Å². The van der Waals surface area contributed by atoms with Crippen molar-refractivity contribution in [3.05, 3.63) is 108 Å². The van der Waals surface area contributed by atoms with Crippen molar-refractivity contribution in [3.63, 3.8) is 0 Å². The number of hydrogen-bond donors (Lipinski definition) is 0. The first-order valence-corrected chi connectivity index (χ1v) is 10.8. The van der Waals surface area contributed by atoms with Gasteiger partial charge in [-0.3, -0.25) is 9.69 Å². The predicted octanol–water partition coefficient (Wildman–Crippen LogP) is 5.25. The van der Waals surface area contributed by atoms with Crippen molar-refractivity contribution in [1.29, 1.82) is 0 Å². The zero-order valence-electron chi connectivity index (χ0n) is 17.5. The van der Waals surface area contributed by atoms with Gasteiger partial charge in [-0.15, -0.1) is 0 Å². The highest BCUT2D eigenvalue weighted by atomic mass is 16.5. The number of nitrogens with zero attached hydrogens (tertiary/aromatic N) is 1. The molecule has 4 rings (SSSR count). The molecule has 3 nitrogen and oxygen atoms in total. The molecule has 3 heteroatoms. The number of esters is 1. The van der Waals surface area contributed by atoms with Gasteiger partial charge in [-0.25, -0.2) is 0 Å². The van der Waals surface area contributed by atoms with Gasteiger partial charge in [0.05, 0.1) is 18.1 Å². The van der Waals surface area contributed by atoms with E-state index in [1.54, 1.807) is 0 Å². The Morgan fingerprint density at radius 3 is 1.57 bits per heavy atom. The molecule has 0 aliphatic carbocycles. The predicted molar refractivity (Wildman–Crippen MR) is 120 cm³/mol. The summed E-state index contributed by atoms with van der Waals surface area (Å²) in [5.41, 5.74) is 3.34. The van der Waals surface area contributed by atoms with E-state index in [9.17, 15) is 4.79 Å². The first kappa shape index (κ1) is 20.4. The first-order chi connectivity index (χ1) is 14.8. The lowest BCUT2D eigenvalue weighted by Gasteiger charge is -2.48. The second-order valence-electron chi connectivity index (χ2n) is 7.82. The minimum absolute atomic E-state index is 0.0128. The SMILES string of the molecule is CCOC(=O)C1CCN(C(c2ccccc2)(c2ccccc2)c2ccccc2)CC1. The molecule has 0 atom stereocenters. The summed E-state index contributed by atoms with van der Waals surface area (Å²) in [5, 5.41) is 0. The van der Waals surface area contributed by atoms with Crippen molar-refractivity contribution in [1.82, 2.24) is 4.90 Å². The summed E-state index contributed by atoms with van der Waals surface area (Å²) in [7, 11) is 0. The number of carbonyl (C=O) groups is 1. The smallest absolute Gasteiger partial charge is 0.309 e. The van der Waals surface area contributed by atoms with Gasteiger partial charge in [-0.1, -0.05) is 91.0 Å². The van der Waals surface area contributed by atoms with Gasteiger partial charge in [0.2, 0.25) is 0 Å². The molecule has 1 aliphatic heterocycles. The lowest BCUT2D eigenvalue weighted by atomic mass is 9.74. The molecule has 1 saturated heterocycles. The van der Waals surface area contributed by atoms with Crippen molar-refractivity contribution >= 4 is 5.97 Å². The maximum absolute atomic E-state index is 12.3. The quantitative estimate of drug-likeness (QED) is 0.419. The van der Waals surface area contributed by atoms with Crippen LogP contribution in [0, 0.1) is 5.92 Å². The fourth-order valence-corrected chi connectivity index (χ4v) is 4.80. The topological polar surface area (TPSA) is 29.5 Å². The van der Waals surface area contributed by atoms with Gasteiger partial charge in [0.1, 0.15) is 0 Å². The first-order valence-electron chi connectivity index (χ1n) is 10.8. The Bertz CT molecular complexity index is 836. The van der Waals surface area contributed by atoms with Crippen molar-refractivity contribution in [2.75, 3.05) is 19.7 Å². The number of carbonyl (C=O) groups excluding carboxylic acids is 1. The normalized spacial score (nSPS) is 15.6. The minimum atomic E-state index is -0.399. The maximum atomic E-state index is 12.3. The van der Waals surface area contributed by atoms with Crippen LogP contribution in [0.3, 0.4) is 0 Å². The zero-order valence-corrected chi connectivity index (χ0v) is 17.5. The van der Waals surface area contributed by atoms with Gasteiger partial charge in [0.25, 0.3) is 0 Å². The van der Waals surface area contributed by atoms with E-state index < -0.39 is 5.54 Å². The summed E-state index contributed by atoms with van der Waals surface area (Å²) in [6.07, 6.45) is 1.63. The number of piperidine rings is 1. The van der Waals surface area contributed by atoms with Gasteiger partial charge in [-0.05, 0) is 36.5 Å². The van der Waals surface area contributed by atoms with Crippen LogP contribution in [-0.2, 0) is 15.1 Å². The number of ether oxygens (including phenoxy) is 1. The Hall–Kier alpha value is -2.91. The Morgan fingerprint density at radius 2 is 1.20 bits per heavy atom. The van der Waals surface area contributed by atoms with E-state index in [4.69, 9.17) is 4.74 Å². The fourth-order valence-electron chi connectivity index (χ4n) is 4.80. The second kappa shape index (κ2) is 9.27. The molecule has 0 radical (unpaired) electrons.